The fourth-order valence-corrected chi connectivity index (χ4v) is 3.57. The lowest BCUT2D eigenvalue weighted by atomic mass is 10.2. The van der Waals surface area contributed by atoms with Gasteiger partial charge < -0.3 is 9.64 Å². The maximum absolute atomic E-state index is 13.1. The van der Waals surface area contributed by atoms with E-state index in [1.807, 2.05) is 42.5 Å². The summed E-state index contributed by atoms with van der Waals surface area (Å²) in [6.45, 7) is 6.25. The molecule has 2 aromatic rings. The van der Waals surface area contributed by atoms with E-state index in [0.717, 1.165) is 6.54 Å². The highest BCUT2D eigenvalue weighted by Gasteiger charge is 2.48. The van der Waals surface area contributed by atoms with Crippen molar-refractivity contribution in [2.45, 2.75) is 6.04 Å². The van der Waals surface area contributed by atoms with Crippen molar-refractivity contribution in [1.82, 2.24) is 9.80 Å². The molecule has 2 heterocycles. The molecule has 3 amide bonds. The molecule has 0 bridgehead atoms. The van der Waals surface area contributed by atoms with Crippen LogP contribution in [-0.4, -0.2) is 54.0 Å². The van der Waals surface area contributed by atoms with Gasteiger partial charge in [0.25, 0.3) is 5.91 Å². The van der Waals surface area contributed by atoms with Gasteiger partial charge >= 0.3 is 6.03 Å². The number of anilines is 1. The van der Waals surface area contributed by atoms with Crippen LogP contribution in [0.3, 0.4) is 0 Å². The fraction of sp³-hybridized carbons (Fsp3) is 0.238. The lowest BCUT2D eigenvalue weighted by molar-refractivity contribution is -0.121. The molecule has 1 atom stereocenters. The summed E-state index contributed by atoms with van der Waals surface area (Å²) < 4.78 is 5.94. The third-order valence-corrected chi connectivity index (χ3v) is 4.87. The molecule has 28 heavy (non-hydrogen) atoms. The Morgan fingerprint density at radius 2 is 1.75 bits per heavy atom. The van der Waals surface area contributed by atoms with Crippen LogP contribution in [0.5, 0.6) is 11.5 Å². The Bertz CT molecular complexity index is 874. The number of hydrogen-bond acceptors (Lipinski definition) is 4. The van der Waals surface area contributed by atoms with Crippen LogP contribution in [0.1, 0.15) is 0 Å². The van der Waals surface area contributed by atoms with Gasteiger partial charge in [-0.1, -0.05) is 36.4 Å². The molecule has 0 aliphatic carbocycles. The molecule has 2 saturated heterocycles. The molecule has 2 aliphatic rings. The van der Waals surface area contributed by atoms with E-state index in [-0.39, 0.29) is 24.3 Å². The number of piperazine rings is 1. The van der Waals surface area contributed by atoms with Gasteiger partial charge in [0, 0.05) is 26.2 Å². The van der Waals surface area contributed by atoms with Crippen molar-refractivity contribution in [2.75, 3.05) is 31.1 Å². The van der Waals surface area contributed by atoms with Crippen molar-refractivity contribution in [1.29, 1.82) is 0 Å². The largest absolute Gasteiger partial charge is 0.455 e. The molecule has 7 heteroatoms. The summed E-state index contributed by atoms with van der Waals surface area (Å²) in [5.74, 6) is 0.921. The molecule has 0 spiro atoms. The SMILES string of the molecule is C=CCN1CCN2C(=O)N(c3ccccc3Oc3ccccc3)C(=O)C2C1.Cl. The zero-order valence-electron chi connectivity index (χ0n) is 15.4. The third-order valence-electron chi connectivity index (χ3n) is 4.87. The average Bonchev–Trinajstić information content (AvgIpc) is 2.94. The van der Waals surface area contributed by atoms with E-state index in [2.05, 4.69) is 11.5 Å². The van der Waals surface area contributed by atoms with Gasteiger partial charge in [-0.3, -0.25) is 9.69 Å². The van der Waals surface area contributed by atoms with E-state index in [1.165, 1.54) is 4.90 Å². The van der Waals surface area contributed by atoms with E-state index in [4.69, 9.17) is 4.74 Å². The topological polar surface area (TPSA) is 53.1 Å². The molecule has 146 valence electrons. The Balaban J connectivity index is 0.00000225. The Kier molecular flexibility index (Phi) is 6.02. The molecule has 2 aromatic carbocycles. The van der Waals surface area contributed by atoms with Crippen LogP contribution in [-0.2, 0) is 4.79 Å². The zero-order valence-corrected chi connectivity index (χ0v) is 16.2. The molecule has 0 radical (unpaired) electrons. The van der Waals surface area contributed by atoms with Crippen molar-refractivity contribution in [2.24, 2.45) is 0 Å². The summed E-state index contributed by atoms with van der Waals surface area (Å²) in [6, 6.07) is 15.7. The molecule has 1 unspecified atom stereocenters. The number of fused-ring (bicyclic) bond motifs is 1. The van der Waals surface area contributed by atoms with Gasteiger partial charge in [0.05, 0.1) is 5.69 Å². The van der Waals surface area contributed by atoms with Crippen molar-refractivity contribution in [3.63, 3.8) is 0 Å². The predicted molar refractivity (Wildman–Crippen MR) is 110 cm³/mol. The van der Waals surface area contributed by atoms with Gasteiger partial charge in [0.1, 0.15) is 11.8 Å². The van der Waals surface area contributed by atoms with E-state index in [0.29, 0.717) is 36.8 Å². The maximum Gasteiger partial charge on any atom is 0.332 e. The first-order chi connectivity index (χ1) is 13.2. The highest BCUT2D eigenvalue weighted by atomic mass is 35.5. The van der Waals surface area contributed by atoms with E-state index in [1.54, 1.807) is 23.1 Å². The normalized spacial score (nSPS) is 19.2. The third kappa shape index (κ3) is 3.61. The molecule has 0 N–H and O–H groups in total. The van der Waals surface area contributed by atoms with Gasteiger partial charge in [-0.25, -0.2) is 9.69 Å². The number of amides is 3. The molecule has 0 aromatic heterocycles. The van der Waals surface area contributed by atoms with E-state index >= 15 is 0 Å². The number of nitrogens with zero attached hydrogens (tertiary/aromatic N) is 3. The highest BCUT2D eigenvalue weighted by Crippen LogP contribution is 2.36. The quantitative estimate of drug-likeness (QED) is 0.570. The lowest BCUT2D eigenvalue weighted by Gasteiger charge is -2.34. The average molecular weight is 400 g/mol. The van der Waals surface area contributed by atoms with Gasteiger partial charge in [-0.15, -0.1) is 19.0 Å². The molecule has 0 saturated carbocycles. The molecule has 2 fully saturated rings. The first-order valence-electron chi connectivity index (χ1n) is 8.99. The Hall–Kier alpha value is -2.83. The van der Waals surface area contributed by atoms with Crippen LogP contribution >= 0.6 is 12.4 Å². The van der Waals surface area contributed by atoms with Crippen molar-refractivity contribution in [3.05, 3.63) is 67.3 Å². The van der Waals surface area contributed by atoms with Gasteiger partial charge in [-0.2, -0.15) is 0 Å². The van der Waals surface area contributed by atoms with Gasteiger partial charge in [0.2, 0.25) is 0 Å². The fourth-order valence-electron chi connectivity index (χ4n) is 3.57. The molecule has 2 aliphatic heterocycles. The zero-order chi connectivity index (χ0) is 18.8. The highest BCUT2D eigenvalue weighted by molar-refractivity contribution is 6.22. The summed E-state index contributed by atoms with van der Waals surface area (Å²) >= 11 is 0. The van der Waals surface area contributed by atoms with Crippen molar-refractivity contribution >= 4 is 30.0 Å². The minimum atomic E-state index is -0.462. The number of urea groups is 1. The van der Waals surface area contributed by atoms with E-state index < -0.39 is 6.04 Å². The lowest BCUT2D eigenvalue weighted by Crippen LogP contribution is -2.52. The molecule has 6 nitrogen and oxygen atoms in total. The van der Waals surface area contributed by atoms with Crippen LogP contribution in [0.2, 0.25) is 0 Å². The minimum absolute atomic E-state index is 0. The summed E-state index contributed by atoms with van der Waals surface area (Å²) in [6.07, 6.45) is 1.82. The monoisotopic (exact) mass is 399 g/mol. The van der Waals surface area contributed by atoms with Crippen LogP contribution < -0.4 is 9.64 Å². The number of imide groups is 1. The number of para-hydroxylation sites is 3. The smallest absolute Gasteiger partial charge is 0.332 e. The van der Waals surface area contributed by atoms with Crippen LogP contribution in [0.4, 0.5) is 10.5 Å². The van der Waals surface area contributed by atoms with Gasteiger partial charge in [-0.05, 0) is 24.3 Å². The first-order valence-corrected chi connectivity index (χ1v) is 8.99. The Morgan fingerprint density at radius 1 is 1.04 bits per heavy atom. The first kappa shape index (κ1) is 19.9. The number of carbonyl (C=O) groups is 2. The second-order valence-corrected chi connectivity index (χ2v) is 6.60. The predicted octanol–water partition coefficient (Wildman–Crippen LogP) is 3.54. The van der Waals surface area contributed by atoms with Crippen molar-refractivity contribution in [3.8, 4) is 11.5 Å². The molecule has 4 rings (SSSR count). The van der Waals surface area contributed by atoms with Crippen LogP contribution in [0.15, 0.2) is 67.3 Å². The van der Waals surface area contributed by atoms with Crippen LogP contribution in [0, 0.1) is 0 Å². The second kappa shape index (κ2) is 8.46. The summed E-state index contributed by atoms with van der Waals surface area (Å²) in [4.78, 5) is 31.1. The number of hydrogen-bond donors (Lipinski definition) is 0. The summed E-state index contributed by atoms with van der Waals surface area (Å²) in [5, 5.41) is 0. The summed E-state index contributed by atoms with van der Waals surface area (Å²) in [5.41, 5.74) is 0.473. The number of rotatable bonds is 5. The van der Waals surface area contributed by atoms with Crippen LogP contribution in [0.25, 0.3) is 0 Å². The molecular formula is C21H22ClN3O3. The number of benzene rings is 2. The standard InChI is InChI=1S/C21H21N3O3.ClH/c1-2-12-22-13-14-23-18(15-22)20(25)24(21(23)26)17-10-6-7-11-19(17)27-16-8-4-3-5-9-16;/h2-11,18H,1,12-15H2;1H. The Morgan fingerprint density at radius 3 is 2.50 bits per heavy atom. The second-order valence-electron chi connectivity index (χ2n) is 6.60. The maximum atomic E-state index is 13.1. The molecular weight excluding hydrogens is 378 g/mol. The summed E-state index contributed by atoms with van der Waals surface area (Å²) in [7, 11) is 0. The van der Waals surface area contributed by atoms with E-state index in [9.17, 15) is 9.59 Å². The minimum Gasteiger partial charge on any atom is -0.455 e. The van der Waals surface area contributed by atoms with Crippen molar-refractivity contribution < 1.29 is 14.3 Å². The number of carbonyl (C=O) groups excluding carboxylic acids is 2. The van der Waals surface area contributed by atoms with Gasteiger partial charge in [0.15, 0.2) is 5.75 Å². The number of halogens is 1. The Labute approximate surface area is 170 Å². The number of ether oxygens (including phenoxy) is 1.